The Balaban J connectivity index is 2.60. The molecule has 0 saturated carbocycles. The quantitative estimate of drug-likeness (QED) is 0.756. The molecule has 0 aliphatic heterocycles. The summed E-state index contributed by atoms with van der Waals surface area (Å²) in [5.74, 6) is 0.0890. The molecular formula is C14H19F3N2O2. The van der Waals surface area contributed by atoms with Crippen molar-refractivity contribution in [3.63, 3.8) is 0 Å². The summed E-state index contributed by atoms with van der Waals surface area (Å²) in [4.78, 5) is 11.7. The summed E-state index contributed by atoms with van der Waals surface area (Å²) in [5, 5.41) is 13.7. The first-order valence-electron chi connectivity index (χ1n) is 6.62. The van der Waals surface area contributed by atoms with Crippen molar-refractivity contribution in [2.75, 3.05) is 18.5 Å². The van der Waals surface area contributed by atoms with E-state index < -0.39 is 18.6 Å². The largest absolute Gasteiger partial charge is 0.396 e. The van der Waals surface area contributed by atoms with Gasteiger partial charge in [0.05, 0.1) is 6.42 Å². The summed E-state index contributed by atoms with van der Waals surface area (Å²) in [7, 11) is 0. The summed E-state index contributed by atoms with van der Waals surface area (Å²) < 4.78 is 37.3. The summed E-state index contributed by atoms with van der Waals surface area (Å²) in [6.45, 7) is 2.22. The Hall–Kier alpha value is -1.76. The van der Waals surface area contributed by atoms with E-state index in [4.69, 9.17) is 5.11 Å². The molecule has 21 heavy (non-hydrogen) atoms. The Morgan fingerprint density at radius 2 is 2.00 bits per heavy atom. The molecule has 0 bridgehead atoms. The molecule has 1 rings (SSSR count). The third kappa shape index (κ3) is 6.99. The molecule has 0 heterocycles. The lowest BCUT2D eigenvalue weighted by Gasteiger charge is -2.15. The summed E-state index contributed by atoms with van der Waals surface area (Å²) in [6, 6.07) is 5.25. The minimum atomic E-state index is -4.33. The van der Waals surface area contributed by atoms with Crippen LogP contribution in [-0.2, 0) is 6.42 Å². The minimum absolute atomic E-state index is 0.0172. The molecule has 7 heteroatoms. The number of carbonyl (C=O) groups is 1. The highest BCUT2D eigenvalue weighted by Crippen LogP contribution is 2.25. The third-order valence-corrected chi connectivity index (χ3v) is 2.89. The maximum Gasteiger partial charge on any atom is 0.393 e. The predicted molar refractivity (Wildman–Crippen MR) is 74.1 cm³/mol. The van der Waals surface area contributed by atoms with Crippen LogP contribution in [0, 0.1) is 5.92 Å². The maximum absolute atomic E-state index is 12.4. The SMILES string of the molecule is CC(CCO)CNC(=O)Nc1ccccc1CC(F)(F)F. The van der Waals surface area contributed by atoms with Crippen LogP contribution in [-0.4, -0.2) is 30.5 Å². The van der Waals surface area contributed by atoms with Crippen LogP contribution in [0.1, 0.15) is 18.9 Å². The monoisotopic (exact) mass is 304 g/mol. The first-order chi connectivity index (χ1) is 9.81. The smallest absolute Gasteiger partial charge is 0.393 e. The normalized spacial score (nSPS) is 12.8. The minimum Gasteiger partial charge on any atom is -0.396 e. The van der Waals surface area contributed by atoms with E-state index in [1.54, 1.807) is 6.07 Å². The first-order valence-corrected chi connectivity index (χ1v) is 6.62. The molecule has 1 atom stereocenters. The maximum atomic E-state index is 12.4. The molecule has 2 amide bonds. The van der Waals surface area contributed by atoms with Crippen molar-refractivity contribution in [3.8, 4) is 0 Å². The van der Waals surface area contributed by atoms with E-state index in [0.29, 0.717) is 13.0 Å². The van der Waals surface area contributed by atoms with Crippen molar-refractivity contribution in [2.24, 2.45) is 5.92 Å². The molecule has 1 unspecified atom stereocenters. The number of urea groups is 1. The van der Waals surface area contributed by atoms with Gasteiger partial charge in [0, 0.05) is 18.8 Å². The average Bonchev–Trinajstić information content (AvgIpc) is 2.37. The van der Waals surface area contributed by atoms with Crippen LogP contribution < -0.4 is 10.6 Å². The molecular weight excluding hydrogens is 285 g/mol. The lowest BCUT2D eigenvalue weighted by molar-refractivity contribution is -0.127. The summed E-state index contributed by atoms with van der Waals surface area (Å²) >= 11 is 0. The Kier molecular flexibility index (Phi) is 6.48. The van der Waals surface area contributed by atoms with Crippen LogP contribution in [0.3, 0.4) is 0 Å². The average molecular weight is 304 g/mol. The van der Waals surface area contributed by atoms with Crippen LogP contribution in [0.5, 0.6) is 0 Å². The number of aliphatic hydroxyl groups is 1. The van der Waals surface area contributed by atoms with E-state index in [-0.39, 0.29) is 23.8 Å². The van der Waals surface area contributed by atoms with Gasteiger partial charge in [-0.3, -0.25) is 0 Å². The number of anilines is 1. The molecule has 0 spiro atoms. The summed E-state index contributed by atoms with van der Waals surface area (Å²) in [6.07, 6.45) is -4.88. The van der Waals surface area contributed by atoms with Crippen molar-refractivity contribution in [3.05, 3.63) is 29.8 Å². The Labute approximate surface area is 121 Å². The number of rotatable bonds is 6. The zero-order valence-corrected chi connectivity index (χ0v) is 11.7. The van der Waals surface area contributed by atoms with Crippen LogP contribution in [0.2, 0.25) is 0 Å². The highest BCUT2D eigenvalue weighted by molar-refractivity contribution is 5.90. The third-order valence-electron chi connectivity index (χ3n) is 2.89. The standard InChI is InChI=1S/C14H19F3N2O2/c1-10(6-7-20)9-18-13(21)19-12-5-3-2-4-11(12)8-14(15,16)17/h2-5,10,20H,6-9H2,1H3,(H2,18,19,21). The van der Waals surface area contributed by atoms with E-state index in [0.717, 1.165) is 0 Å². The number of amides is 2. The predicted octanol–water partition coefficient (Wildman–Crippen LogP) is 2.93. The van der Waals surface area contributed by atoms with Gasteiger partial charge in [0.15, 0.2) is 0 Å². The molecule has 4 nitrogen and oxygen atoms in total. The van der Waals surface area contributed by atoms with Gasteiger partial charge in [0.1, 0.15) is 0 Å². The van der Waals surface area contributed by atoms with E-state index >= 15 is 0 Å². The first kappa shape index (κ1) is 17.3. The van der Waals surface area contributed by atoms with Crippen LogP contribution in [0.15, 0.2) is 24.3 Å². The van der Waals surface area contributed by atoms with Gasteiger partial charge in [-0.25, -0.2) is 4.79 Å². The number of hydrogen-bond acceptors (Lipinski definition) is 2. The number of para-hydroxylation sites is 1. The number of halogens is 3. The van der Waals surface area contributed by atoms with Gasteiger partial charge in [-0.2, -0.15) is 13.2 Å². The van der Waals surface area contributed by atoms with Gasteiger partial charge in [-0.15, -0.1) is 0 Å². The fraction of sp³-hybridized carbons (Fsp3) is 0.500. The van der Waals surface area contributed by atoms with Gasteiger partial charge in [-0.05, 0) is 24.0 Å². The molecule has 0 aromatic heterocycles. The second-order valence-electron chi connectivity index (χ2n) is 4.90. The molecule has 3 N–H and O–H groups in total. The van der Waals surface area contributed by atoms with Gasteiger partial charge in [0.25, 0.3) is 0 Å². The lowest BCUT2D eigenvalue weighted by Crippen LogP contribution is -2.33. The fourth-order valence-electron chi connectivity index (χ4n) is 1.77. The van der Waals surface area contributed by atoms with Crippen molar-refractivity contribution in [2.45, 2.75) is 25.9 Å². The molecule has 0 fully saturated rings. The highest BCUT2D eigenvalue weighted by Gasteiger charge is 2.28. The van der Waals surface area contributed by atoms with Gasteiger partial charge >= 0.3 is 12.2 Å². The van der Waals surface area contributed by atoms with Crippen molar-refractivity contribution >= 4 is 11.7 Å². The van der Waals surface area contributed by atoms with Gasteiger partial charge in [0.2, 0.25) is 0 Å². The second kappa shape index (κ2) is 7.87. The molecule has 0 radical (unpaired) electrons. The molecule has 0 aliphatic carbocycles. The topological polar surface area (TPSA) is 61.4 Å². The van der Waals surface area contributed by atoms with Crippen LogP contribution in [0.25, 0.3) is 0 Å². The zero-order valence-electron chi connectivity index (χ0n) is 11.7. The molecule has 118 valence electrons. The number of alkyl halides is 3. The number of benzene rings is 1. The Morgan fingerprint density at radius 3 is 2.62 bits per heavy atom. The lowest BCUT2D eigenvalue weighted by atomic mass is 10.1. The summed E-state index contributed by atoms with van der Waals surface area (Å²) in [5.41, 5.74) is 0.158. The van der Waals surface area contributed by atoms with E-state index in [2.05, 4.69) is 10.6 Å². The van der Waals surface area contributed by atoms with Crippen LogP contribution >= 0.6 is 0 Å². The molecule has 0 aliphatic rings. The van der Waals surface area contributed by atoms with Gasteiger partial charge < -0.3 is 15.7 Å². The highest BCUT2D eigenvalue weighted by atomic mass is 19.4. The van der Waals surface area contributed by atoms with Crippen LogP contribution in [0.4, 0.5) is 23.7 Å². The zero-order chi connectivity index (χ0) is 15.9. The number of carbonyl (C=O) groups excluding carboxylic acids is 1. The van der Waals surface area contributed by atoms with E-state index in [1.807, 2.05) is 6.92 Å². The molecule has 0 saturated heterocycles. The van der Waals surface area contributed by atoms with Crippen molar-refractivity contribution in [1.29, 1.82) is 0 Å². The fourth-order valence-corrected chi connectivity index (χ4v) is 1.77. The molecule has 1 aromatic carbocycles. The second-order valence-corrected chi connectivity index (χ2v) is 4.90. The Bertz CT molecular complexity index is 464. The van der Waals surface area contributed by atoms with Crippen molar-refractivity contribution < 1.29 is 23.1 Å². The number of hydrogen-bond donors (Lipinski definition) is 3. The van der Waals surface area contributed by atoms with E-state index in [9.17, 15) is 18.0 Å². The van der Waals surface area contributed by atoms with Crippen molar-refractivity contribution in [1.82, 2.24) is 5.32 Å². The van der Waals surface area contributed by atoms with Gasteiger partial charge in [-0.1, -0.05) is 25.1 Å². The number of aliphatic hydroxyl groups excluding tert-OH is 1. The van der Waals surface area contributed by atoms with E-state index in [1.165, 1.54) is 18.2 Å². The number of nitrogens with one attached hydrogen (secondary N) is 2. The molecule has 1 aromatic rings. The Morgan fingerprint density at radius 1 is 1.33 bits per heavy atom.